The van der Waals surface area contributed by atoms with Crippen molar-refractivity contribution < 1.29 is 18.9 Å². The van der Waals surface area contributed by atoms with Crippen LogP contribution in [-0.4, -0.2) is 40.5 Å². The van der Waals surface area contributed by atoms with Gasteiger partial charge in [0, 0.05) is 61.3 Å². The van der Waals surface area contributed by atoms with E-state index in [-0.39, 0.29) is 24.2 Å². The zero-order valence-corrected chi connectivity index (χ0v) is 19.5. The van der Waals surface area contributed by atoms with Crippen molar-refractivity contribution in [2.24, 2.45) is 5.92 Å². The summed E-state index contributed by atoms with van der Waals surface area (Å²) in [5.41, 5.74) is 1.43. The molecular weight excluding hydrogens is 454 g/mol. The molecule has 182 valence electrons. The molecule has 0 radical (unpaired) electrons. The average Bonchev–Trinajstić information content (AvgIpc) is 2.82. The van der Waals surface area contributed by atoms with Crippen LogP contribution in [0.15, 0.2) is 44.3 Å². The van der Waals surface area contributed by atoms with Crippen LogP contribution in [0.2, 0.25) is 0 Å². The van der Waals surface area contributed by atoms with Gasteiger partial charge in [0.15, 0.2) is 0 Å². The van der Waals surface area contributed by atoms with Crippen LogP contribution in [0.3, 0.4) is 0 Å². The molecule has 0 saturated carbocycles. The second-order valence-electron chi connectivity index (χ2n) is 9.32. The van der Waals surface area contributed by atoms with Crippen LogP contribution < -0.4 is 15.9 Å². The van der Waals surface area contributed by atoms with E-state index in [9.17, 15) is 24.5 Å². The maximum Gasteiger partial charge on any atom is 0.336 e. The topological polar surface area (TPSA) is 125 Å². The lowest BCUT2D eigenvalue weighted by molar-refractivity contribution is -0.386. The number of aryl methyl sites for hydroxylation is 2. The second kappa shape index (κ2) is 8.68. The van der Waals surface area contributed by atoms with Crippen LogP contribution in [0.25, 0.3) is 11.0 Å². The Morgan fingerprint density at radius 3 is 2.74 bits per heavy atom. The van der Waals surface area contributed by atoms with E-state index in [1.807, 2.05) is 17.9 Å². The summed E-state index contributed by atoms with van der Waals surface area (Å²) in [6, 6.07) is 7.94. The summed E-state index contributed by atoms with van der Waals surface area (Å²) in [5.74, 6) is 0.617. The van der Waals surface area contributed by atoms with Gasteiger partial charge in [0.05, 0.1) is 12.0 Å². The Hall–Kier alpha value is -3.95. The molecule has 2 aromatic heterocycles. The zero-order valence-electron chi connectivity index (χ0n) is 19.5. The molecule has 1 amide bonds. The number of likely N-dealkylation sites (tertiary alicyclic amines) is 1. The molecule has 10 heteroatoms. The molecule has 4 heterocycles. The Balaban J connectivity index is 1.34. The number of ether oxygens (including phenoxy) is 1. The van der Waals surface area contributed by atoms with Gasteiger partial charge in [-0.15, -0.1) is 0 Å². The summed E-state index contributed by atoms with van der Waals surface area (Å²) in [7, 11) is 1.54. The van der Waals surface area contributed by atoms with E-state index in [1.165, 1.54) is 23.8 Å². The minimum atomic E-state index is -0.647. The summed E-state index contributed by atoms with van der Waals surface area (Å²) in [6.45, 7) is 3.21. The van der Waals surface area contributed by atoms with Gasteiger partial charge in [-0.25, -0.2) is 4.79 Å². The average molecular weight is 479 g/mol. The maximum atomic E-state index is 13.2. The number of nitro groups is 1. The number of rotatable bonds is 5. The lowest BCUT2D eigenvalue weighted by Crippen LogP contribution is -2.49. The molecule has 2 bridgehead atoms. The van der Waals surface area contributed by atoms with Crippen LogP contribution in [0.5, 0.6) is 5.75 Å². The molecule has 35 heavy (non-hydrogen) atoms. The minimum Gasteiger partial charge on any atom is -0.496 e. The van der Waals surface area contributed by atoms with Crippen molar-refractivity contribution in [3.05, 3.63) is 78.0 Å². The molecule has 0 spiro atoms. The van der Waals surface area contributed by atoms with Crippen LogP contribution in [0.4, 0.5) is 5.69 Å². The Bertz CT molecular complexity index is 1470. The van der Waals surface area contributed by atoms with Crippen molar-refractivity contribution in [3.8, 4) is 5.75 Å². The number of carbonyl (C=O) groups is 1. The first-order valence-electron chi connectivity index (χ1n) is 11.5. The third kappa shape index (κ3) is 4.09. The fourth-order valence-corrected chi connectivity index (χ4v) is 5.45. The van der Waals surface area contributed by atoms with Crippen molar-refractivity contribution in [1.29, 1.82) is 0 Å². The van der Waals surface area contributed by atoms with Gasteiger partial charge >= 0.3 is 16.9 Å². The summed E-state index contributed by atoms with van der Waals surface area (Å²) in [6.07, 6.45) is 1.60. The van der Waals surface area contributed by atoms with Gasteiger partial charge in [-0.3, -0.25) is 19.7 Å². The van der Waals surface area contributed by atoms with Gasteiger partial charge in [0.1, 0.15) is 11.3 Å². The van der Waals surface area contributed by atoms with Crippen LogP contribution in [0, 0.1) is 23.0 Å². The highest BCUT2D eigenvalue weighted by molar-refractivity contribution is 5.83. The molecule has 1 saturated heterocycles. The Labute approximate surface area is 199 Å². The lowest BCUT2D eigenvalue weighted by Gasteiger charge is -2.42. The largest absolute Gasteiger partial charge is 0.496 e. The molecule has 0 N–H and O–H groups in total. The zero-order chi connectivity index (χ0) is 24.9. The molecular formula is C25H25N3O7. The number of nitrogens with zero attached hydrogens (tertiary/aromatic N) is 3. The molecule has 5 rings (SSSR count). The number of amides is 1. The highest BCUT2D eigenvalue weighted by atomic mass is 16.6. The molecule has 0 aliphatic carbocycles. The fourth-order valence-electron chi connectivity index (χ4n) is 5.45. The van der Waals surface area contributed by atoms with Crippen molar-refractivity contribution in [3.63, 3.8) is 0 Å². The minimum absolute atomic E-state index is 0.0101. The standard InChI is InChI=1S/C25H25N3O7/c1-14-7-24(30)35-22-10-21(34-2)16(9-18(14)22)3-6-23(29)26-11-15-8-17(13-26)19-4-5-20(28(32)33)25(31)27(19)12-15/h4-5,7,9-10,15,17H,3,6,8,11-13H2,1-2H3/t15-,17-/m1/s1. The number of benzene rings is 1. The molecule has 2 aliphatic rings. The first-order valence-corrected chi connectivity index (χ1v) is 11.5. The van der Waals surface area contributed by atoms with Crippen LogP contribution in [0.1, 0.15) is 35.6 Å². The number of pyridine rings is 1. The summed E-state index contributed by atoms with van der Waals surface area (Å²) in [5, 5.41) is 11.9. The van der Waals surface area contributed by atoms with Gasteiger partial charge in [-0.1, -0.05) is 0 Å². The number of carbonyl (C=O) groups excluding carboxylic acids is 1. The normalized spacial score (nSPS) is 18.9. The number of hydrogen-bond donors (Lipinski definition) is 0. The summed E-state index contributed by atoms with van der Waals surface area (Å²) >= 11 is 0. The first kappa shape index (κ1) is 22.8. The SMILES string of the molecule is COc1cc2oc(=O)cc(C)c2cc1CCC(=O)N1C[C@H]2C[C@H](C1)c1ccc([N+](=O)[O-])c(=O)n1C2. The van der Waals surface area contributed by atoms with E-state index in [0.717, 1.165) is 28.6 Å². The van der Waals surface area contributed by atoms with Gasteiger partial charge < -0.3 is 18.6 Å². The summed E-state index contributed by atoms with van der Waals surface area (Å²) in [4.78, 5) is 49.8. The van der Waals surface area contributed by atoms with Gasteiger partial charge in [-0.2, -0.15) is 0 Å². The fraction of sp³-hybridized carbons (Fsp3) is 0.400. The molecule has 2 atom stereocenters. The number of fused-ring (bicyclic) bond motifs is 5. The number of methoxy groups -OCH3 is 1. The quantitative estimate of drug-likeness (QED) is 0.313. The van der Waals surface area contributed by atoms with Gasteiger partial charge in [0.25, 0.3) is 0 Å². The van der Waals surface area contributed by atoms with Crippen LogP contribution >= 0.6 is 0 Å². The van der Waals surface area contributed by atoms with E-state index < -0.39 is 21.8 Å². The van der Waals surface area contributed by atoms with Crippen LogP contribution in [-0.2, 0) is 17.8 Å². The molecule has 1 aromatic carbocycles. The number of piperidine rings is 1. The van der Waals surface area contributed by atoms with Gasteiger partial charge in [-0.05, 0) is 48.9 Å². The highest BCUT2D eigenvalue weighted by Crippen LogP contribution is 2.36. The third-order valence-electron chi connectivity index (χ3n) is 7.09. The molecule has 1 fully saturated rings. The van der Waals surface area contributed by atoms with E-state index in [1.54, 1.807) is 12.1 Å². The Morgan fingerprint density at radius 2 is 2.00 bits per heavy atom. The number of aromatic nitrogens is 1. The van der Waals surface area contributed by atoms with E-state index >= 15 is 0 Å². The molecule has 2 aliphatic heterocycles. The number of hydrogen-bond acceptors (Lipinski definition) is 7. The van der Waals surface area contributed by atoms with Gasteiger partial charge in [0.2, 0.25) is 5.91 Å². The van der Waals surface area contributed by atoms with Crippen molar-refractivity contribution >= 4 is 22.6 Å². The highest BCUT2D eigenvalue weighted by Gasteiger charge is 2.37. The predicted molar refractivity (Wildman–Crippen MR) is 127 cm³/mol. The van der Waals surface area contributed by atoms with E-state index in [0.29, 0.717) is 37.4 Å². The summed E-state index contributed by atoms with van der Waals surface area (Å²) < 4.78 is 12.3. The molecule has 10 nitrogen and oxygen atoms in total. The van der Waals surface area contributed by atoms with E-state index in [2.05, 4.69) is 0 Å². The lowest BCUT2D eigenvalue weighted by atomic mass is 9.83. The molecule has 3 aromatic rings. The van der Waals surface area contributed by atoms with Crippen molar-refractivity contribution in [2.45, 2.75) is 38.6 Å². The molecule has 0 unspecified atom stereocenters. The maximum absolute atomic E-state index is 13.2. The smallest absolute Gasteiger partial charge is 0.336 e. The third-order valence-corrected chi connectivity index (χ3v) is 7.09. The Morgan fingerprint density at radius 1 is 1.20 bits per heavy atom. The second-order valence-corrected chi connectivity index (χ2v) is 9.32. The predicted octanol–water partition coefficient (Wildman–Crippen LogP) is 2.76. The van der Waals surface area contributed by atoms with Crippen molar-refractivity contribution in [1.82, 2.24) is 9.47 Å². The Kier molecular flexibility index (Phi) is 5.66. The monoisotopic (exact) mass is 479 g/mol. The van der Waals surface area contributed by atoms with E-state index in [4.69, 9.17) is 9.15 Å². The first-order chi connectivity index (χ1) is 16.7. The van der Waals surface area contributed by atoms with Crippen molar-refractivity contribution in [2.75, 3.05) is 20.2 Å².